The quantitative estimate of drug-likeness (QED) is 0.554. The van der Waals surface area contributed by atoms with Crippen LogP contribution in [0, 0.1) is 0 Å². The van der Waals surface area contributed by atoms with Crippen LogP contribution in [0.25, 0.3) is 0 Å². The van der Waals surface area contributed by atoms with Crippen LogP contribution in [0.3, 0.4) is 0 Å². The van der Waals surface area contributed by atoms with Crippen LogP contribution in [-0.4, -0.2) is 15.9 Å². The van der Waals surface area contributed by atoms with Crippen LogP contribution in [0.15, 0.2) is 54.7 Å². The average Bonchev–Trinajstić information content (AvgIpc) is 3.07. The summed E-state index contributed by atoms with van der Waals surface area (Å²) in [6.07, 6.45) is -3.59. The Hall–Kier alpha value is -3.62. The number of hydrogen-bond donors (Lipinski definition) is 3. The molecule has 1 atom stereocenters. The van der Waals surface area contributed by atoms with Gasteiger partial charge in [0.25, 0.3) is 0 Å². The first-order chi connectivity index (χ1) is 14.3. The molecule has 0 spiro atoms. The van der Waals surface area contributed by atoms with Gasteiger partial charge in [-0.15, -0.1) is 0 Å². The molecule has 9 heteroatoms. The lowest BCUT2D eigenvalue weighted by Gasteiger charge is -2.19. The summed E-state index contributed by atoms with van der Waals surface area (Å²) in [7, 11) is 0. The van der Waals surface area contributed by atoms with Crippen molar-refractivity contribution in [3.63, 3.8) is 0 Å². The number of nitrogens with zero attached hydrogens (tertiary/aromatic N) is 2. The lowest BCUT2D eigenvalue weighted by atomic mass is 10.1. The third kappa shape index (κ3) is 4.19. The molecule has 0 saturated heterocycles. The molecule has 3 aromatic rings. The molecule has 2 aromatic carbocycles. The summed E-state index contributed by atoms with van der Waals surface area (Å²) in [5.74, 6) is -0.397. The molecular weight excluding hydrogens is 395 g/mol. The molecule has 1 aliphatic heterocycles. The Labute approximate surface area is 170 Å². The van der Waals surface area contributed by atoms with Crippen molar-refractivity contribution in [2.75, 3.05) is 16.0 Å². The summed E-state index contributed by atoms with van der Waals surface area (Å²) in [4.78, 5) is 19.4. The highest BCUT2D eigenvalue weighted by Gasteiger charge is 2.35. The van der Waals surface area contributed by atoms with Crippen molar-refractivity contribution in [2.24, 2.45) is 0 Å². The number of anilines is 4. The van der Waals surface area contributed by atoms with Crippen molar-refractivity contribution in [2.45, 2.75) is 25.6 Å². The Kier molecular flexibility index (Phi) is 5.03. The summed E-state index contributed by atoms with van der Waals surface area (Å²) >= 11 is 0. The van der Waals surface area contributed by atoms with Crippen LogP contribution in [0.5, 0.6) is 0 Å². The smallest absolute Gasteiger partial charge is 0.363 e. The Balaban J connectivity index is 1.61. The Morgan fingerprint density at radius 3 is 2.63 bits per heavy atom. The van der Waals surface area contributed by atoms with Gasteiger partial charge in [-0.2, -0.15) is 18.2 Å². The number of amides is 1. The molecule has 30 heavy (non-hydrogen) atoms. The maximum atomic E-state index is 13.5. The number of aromatic nitrogens is 2. The minimum atomic E-state index is -4.60. The highest BCUT2D eigenvalue weighted by atomic mass is 19.4. The second-order valence-electron chi connectivity index (χ2n) is 6.95. The SMILES string of the molecule is C[C@@H](Nc1nc(Nc2ccc3c(c2)CC(=O)N3)ncc1C(F)(F)F)c1ccccc1. The van der Waals surface area contributed by atoms with Crippen molar-refractivity contribution < 1.29 is 18.0 Å². The first-order valence-corrected chi connectivity index (χ1v) is 9.25. The number of rotatable bonds is 5. The molecule has 0 bridgehead atoms. The van der Waals surface area contributed by atoms with Gasteiger partial charge in [0.2, 0.25) is 11.9 Å². The number of nitrogens with one attached hydrogen (secondary N) is 3. The minimum absolute atomic E-state index is 0.0167. The van der Waals surface area contributed by atoms with Gasteiger partial charge in [0, 0.05) is 23.6 Å². The second-order valence-corrected chi connectivity index (χ2v) is 6.95. The fraction of sp³-hybridized carbons (Fsp3) is 0.190. The van der Waals surface area contributed by atoms with Gasteiger partial charge in [0.1, 0.15) is 11.4 Å². The summed E-state index contributed by atoms with van der Waals surface area (Å²) in [5, 5.41) is 8.48. The van der Waals surface area contributed by atoms with E-state index in [1.165, 1.54) is 0 Å². The van der Waals surface area contributed by atoms with Gasteiger partial charge in [-0.05, 0) is 36.2 Å². The van der Waals surface area contributed by atoms with Crippen molar-refractivity contribution in [1.82, 2.24) is 9.97 Å². The second kappa shape index (κ2) is 7.66. The number of carbonyl (C=O) groups is 1. The van der Waals surface area contributed by atoms with Crippen molar-refractivity contribution in [3.05, 3.63) is 71.4 Å². The van der Waals surface area contributed by atoms with Gasteiger partial charge in [-0.1, -0.05) is 30.3 Å². The first kappa shape index (κ1) is 19.7. The predicted octanol–water partition coefficient (Wildman–Crippen LogP) is 4.91. The van der Waals surface area contributed by atoms with Crippen LogP contribution < -0.4 is 16.0 Å². The number of carbonyl (C=O) groups excluding carboxylic acids is 1. The van der Waals surface area contributed by atoms with Gasteiger partial charge in [-0.3, -0.25) is 4.79 Å². The monoisotopic (exact) mass is 413 g/mol. The highest BCUT2D eigenvalue weighted by molar-refractivity contribution is 5.99. The van der Waals surface area contributed by atoms with Crippen LogP contribution in [-0.2, 0) is 17.4 Å². The van der Waals surface area contributed by atoms with E-state index in [1.54, 1.807) is 25.1 Å². The van der Waals surface area contributed by atoms with E-state index < -0.39 is 17.8 Å². The maximum Gasteiger partial charge on any atom is 0.421 e. The van der Waals surface area contributed by atoms with E-state index in [0.29, 0.717) is 5.69 Å². The van der Waals surface area contributed by atoms with Crippen LogP contribution in [0.1, 0.15) is 29.7 Å². The molecule has 0 radical (unpaired) electrons. The standard InChI is InChI=1S/C21H18F3N5O/c1-12(13-5-3-2-4-6-13)26-19-16(21(22,23)24)11-25-20(29-19)27-15-7-8-17-14(9-15)10-18(30)28-17/h2-9,11-12H,10H2,1H3,(H,28,30)(H2,25,26,27,29)/t12-/m1/s1. The number of fused-ring (bicyclic) bond motifs is 1. The summed E-state index contributed by atoms with van der Waals surface area (Å²) in [6, 6.07) is 13.9. The normalized spacial score (nSPS) is 14.1. The average molecular weight is 413 g/mol. The lowest BCUT2D eigenvalue weighted by Crippen LogP contribution is -2.16. The number of alkyl halides is 3. The topological polar surface area (TPSA) is 78.9 Å². The zero-order chi connectivity index (χ0) is 21.3. The molecule has 6 nitrogen and oxygen atoms in total. The third-order valence-corrected chi connectivity index (χ3v) is 4.73. The molecule has 0 aliphatic carbocycles. The van der Waals surface area contributed by atoms with E-state index in [2.05, 4.69) is 25.9 Å². The van der Waals surface area contributed by atoms with E-state index in [9.17, 15) is 18.0 Å². The van der Waals surface area contributed by atoms with Crippen molar-refractivity contribution in [1.29, 1.82) is 0 Å². The molecule has 4 rings (SSSR count). The van der Waals surface area contributed by atoms with E-state index >= 15 is 0 Å². The van der Waals surface area contributed by atoms with Gasteiger partial charge >= 0.3 is 6.18 Å². The molecule has 2 heterocycles. The molecule has 1 aliphatic rings. The summed E-state index contributed by atoms with van der Waals surface area (Å²) in [5.41, 5.74) is 1.98. The summed E-state index contributed by atoms with van der Waals surface area (Å²) < 4.78 is 40.4. The van der Waals surface area contributed by atoms with Crippen molar-refractivity contribution in [3.8, 4) is 0 Å². The Morgan fingerprint density at radius 2 is 1.90 bits per heavy atom. The minimum Gasteiger partial charge on any atom is -0.363 e. The fourth-order valence-electron chi connectivity index (χ4n) is 3.23. The van der Waals surface area contributed by atoms with E-state index in [-0.39, 0.29) is 24.1 Å². The zero-order valence-electron chi connectivity index (χ0n) is 15.9. The van der Waals surface area contributed by atoms with Crippen LogP contribution in [0.2, 0.25) is 0 Å². The molecule has 1 aromatic heterocycles. The van der Waals surface area contributed by atoms with E-state index in [1.807, 2.05) is 30.3 Å². The highest BCUT2D eigenvalue weighted by Crippen LogP contribution is 2.35. The Bertz CT molecular complexity index is 1090. The van der Waals surface area contributed by atoms with Crippen LogP contribution >= 0.6 is 0 Å². The predicted molar refractivity (Wildman–Crippen MR) is 108 cm³/mol. The van der Waals surface area contributed by atoms with Crippen molar-refractivity contribution >= 4 is 29.0 Å². The maximum absolute atomic E-state index is 13.5. The third-order valence-electron chi connectivity index (χ3n) is 4.73. The molecular formula is C21H18F3N5O. The number of benzene rings is 2. The van der Waals surface area contributed by atoms with E-state index in [0.717, 1.165) is 23.0 Å². The number of halogens is 3. The van der Waals surface area contributed by atoms with Gasteiger partial charge < -0.3 is 16.0 Å². The molecule has 1 amide bonds. The van der Waals surface area contributed by atoms with Gasteiger partial charge in [0.15, 0.2) is 0 Å². The summed E-state index contributed by atoms with van der Waals surface area (Å²) in [6.45, 7) is 1.76. The number of hydrogen-bond acceptors (Lipinski definition) is 5. The van der Waals surface area contributed by atoms with Gasteiger partial charge in [0.05, 0.1) is 6.42 Å². The molecule has 154 valence electrons. The molecule has 0 unspecified atom stereocenters. The molecule has 3 N–H and O–H groups in total. The lowest BCUT2D eigenvalue weighted by molar-refractivity contribution is -0.137. The van der Waals surface area contributed by atoms with Gasteiger partial charge in [-0.25, -0.2) is 4.98 Å². The molecule has 0 fully saturated rings. The largest absolute Gasteiger partial charge is 0.421 e. The zero-order valence-corrected chi connectivity index (χ0v) is 15.9. The molecule has 0 saturated carbocycles. The van der Waals surface area contributed by atoms with E-state index in [4.69, 9.17) is 0 Å². The van der Waals surface area contributed by atoms with Crippen LogP contribution in [0.4, 0.5) is 36.3 Å². The fourth-order valence-corrected chi connectivity index (χ4v) is 3.23. The first-order valence-electron chi connectivity index (χ1n) is 9.25. The Morgan fingerprint density at radius 1 is 1.13 bits per heavy atom.